The second-order valence-corrected chi connectivity index (χ2v) is 15.3. The molecule has 2 aliphatic carbocycles. The van der Waals surface area contributed by atoms with E-state index in [0.29, 0.717) is 25.3 Å². The van der Waals surface area contributed by atoms with Crippen LogP contribution in [0.15, 0.2) is 96.6 Å². The number of fused-ring (bicyclic) bond motifs is 4. The molecule has 274 valence electrons. The molecule has 54 heavy (non-hydrogen) atoms. The number of allylic oxidation sites excluding steroid dienone is 2. The zero-order chi connectivity index (χ0) is 38.2. The number of nitrogens with one attached hydrogen (secondary N) is 1. The normalized spacial score (nSPS) is 25.9. The van der Waals surface area contributed by atoms with Crippen molar-refractivity contribution in [2.75, 3.05) is 17.4 Å². The number of carbonyl (C=O) groups excluding carboxylic acids is 4. The van der Waals surface area contributed by atoms with Gasteiger partial charge in [0.1, 0.15) is 5.82 Å². The number of amides is 4. The molecule has 0 spiro atoms. The van der Waals surface area contributed by atoms with Crippen LogP contribution in [-0.4, -0.2) is 45.8 Å². The molecule has 8 rings (SSSR count). The molecule has 0 bridgehead atoms. The van der Waals surface area contributed by atoms with Gasteiger partial charge < -0.3 is 9.84 Å². The van der Waals surface area contributed by atoms with E-state index >= 15 is 4.79 Å². The zero-order valence-corrected chi connectivity index (χ0v) is 31.2. The first-order valence-corrected chi connectivity index (χ1v) is 18.4. The SMILES string of the molecule is COc1cc([C@H]2C3=CC[C@@H]4C(=O)N(c5ccc([N+](=O)[O-])cc5)C(=O)[C@@H]4[C@@H]3C[C@H]3C(=O)N(Nc4ccc(F)cc4)C(=O)[C@@]23c2ccc(Cl)cc2)cc(I)c1O. The smallest absolute Gasteiger partial charge is 0.269 e. The molecule has 12 nitrogen and oxygen atoms in total. The molecule has 2 heterocycles. The van der Waals surface area contributed by atoms with E-state index in [9.17, 15) is 34.0 Å². The number of benzene rings is 4. The Kier molecular flexibility index (Phi) is 8.72. The number of nitro groups is 1. The van der Waals surface area contributed by atoms with Gasteiger partial charge in [0.15, 0.2) is 11.5 Å². The molecule has 0 aromatic heterocycles. The van der Waals surface area contributed by atoms with Gasteiger partial charge in [-0.05, 0) is 113 Å². The van der Waals surface area contributed by atoms with E-state index < -0.39 is 69.4 Å². The highest BCUT2D eigenvalue weighted by atomic mass is 127. The minimum Gasteiger partial charge on any atom is -0.504 e. The number of carbonyl (C=O) groups is 4. The minimum absolute atomic E-state index is 0.0116. The van der Waals surface area contributed by atoms with Crippen LogP contribution in [0.3, 0.4) is 0 Å². The Morgan fingerprint density at radius 3 is 2.30 bits per heavy atom. The van der Waals surface area contributed by atoms with Crippen LogP contribution in [0.25, 0.3) is 0 Å². The fourth-order valence-corrected chi connectivity index (χ4v) is 9.68. The Labute approximate surface area is 325 Å². The zero-order valence-electron chi connectivity index (χ0n) is 28.2. The van der Waals surface area contributed by atoms with Crippen molar-refractivity contribution in [3.63, 3.8) is 0 Å². The summed E-state index contributed by atoms with van der Waals surface area (Å²) in [5.41, 5.74) is 3.23. The molecule has 0 radical (unpaired) electrons. The summed E-state index contributed by atoms with van der Waals surface area (Å²) in [5.74, 6) is -7.06. The van der Waals surface area contributed by atoms with E-state index in [0.717, 1.165) is 9.91 Å². The summed E-state index contributed by atoms with van der Waals surface area (Å²) < 4.78 is 19.9. The van der Waals surface area contributed by atoms with Crippen molar-refractivity contribution in [2.24, 2.45) is 23.7 Å². The van der Waals surface area contributed by atoms with Gasteiger partial charge in [-0.1, -0.05) is 35.4 Å². The maximum absolute atomic E-state index is 15.3. The Morgan fingerprint density at radius 2 is 1.65 bits per heavy atom. The monoisotopic (exact) mass is 862 g/mol. The lowest BCUT2D eigenvalue weighted by molar-refractivity contribution is -0.384. The number of imide groups is 2. The number of hydrogen-bond acceptors (Lipinski definition) is 9. The van der Waals surface area contributed by atoms with E-state index in [2.05, 4.69) is 5.43 Å². The molecule has 6 atom stereocenters. The maximum Gasteiger partial charge on any atom is 0.269 e. The standard InChI is InChI=1S/C39H29ClFIN4O8/c1-54-31-17-19(16-30(42)34(31)47)33-26-14-15-27-32(37(50)44(35(27)48)24-10-12-25(13-11-24)46(52)53)28(26)18-29-36(49)45(43-23-8-6-22(41)7-9-23)38(51)39(29,33)20-2-4-21(40)5-3-20/h2-14,16-17,27-29,32-33,43,47H,15,18H2,1H3/t27-,28+,29-,32-,33-,39+/m0/s1. The molecule has 4 aromatic rings. The summed E-state index contributed by atoms with van der Waals surface area (Å²) in [6, 6.07) is 20.4. The Balaban J connectivity index is 1.32. The lowest BCUT2D eigenvalue weighted by atomic mass is 9.49. The van der Waals surface area contributed by atoms with Crippen LogP contribution < -0.4 is 15.1 Å². The highest BCUT2D eigenvalue weighted by molar-refractivity contribution is 14.1. The van der Waals surface area contributed by atoms with Crippen molar-refractivity contribution in [1.29, 1.82) is 0 Å². The van der Waals surface area contributed by atoms with Gasteiger partial charge in [-0.25, -0.2) is 4.39 Å². The van der Waals surface area contributed by atoms with Crippen molar-refractivity contribution in [2.45, 2.75) is 24.2 Å². The van der Waals surface area contributed by atoms with Gasteiger partial charge in [-0.15, -0.1) is 0 Å². The van der Waals surface area contributed by atoms with Crippen LogP contribution in [0, 0.1) is 43.2 Å². The van der Waals surface area contributed by atoms with Gasteiger partial charge in [-0.3, -0.25) is 39.6 Å². The summed E-state index contributed by atoms with van der Waals surface area (Å²) >= 11 is 8.32. The van der Waals surface area contributed by atoms with Crippen molar-refractivity contribution in [3.05, 3.63) is 132 Å². The van der Waals surface area contributed by atoms with E-state index in [1.165, 1.54) is 55.6 Å². The average molecular weight is 863 g/mol. The third-order valence-corrected chi connectivity index (χ3v) is 12.3. The van der Waals surface area contributed by atoms with Gasteiger partial charge in [0, 0.05) is 23.1 Å². The lowest BCUT2D eigenvalue weighted by Crippen LogP contribution is -2.53. The molecule has 4 amide bonds. The largest absolute Gasteiger partial charge is 0.504 e. The van der Waals surface area contributed by atoms with Crippen molar-refractivity contribution in [1.82, 2.24) is 5.01 Å². The van der Waals surface area contributed by atoms with E-state index in [1.54, 1.807) is 36.4 Å². The van der Waals surface area contributed by atoms with Gasteiger partial charge in [0.05, 0.1) is 50.1 Å². The molecule has 2 aliphatic heterocycles. The lowest BCUT2D eigenvalue weighted by Gasteiger charge is -2.50. The molecular formula is C39H29ClFIN4O8. The quantitative estimate of drug-likeness (QED) is 0.0663. The number of phenols is 1. The fraction of sp³-hybridized carbons (Fsp3) is 0.231. The highest BCUT2D eigenvalue weighted by Gasteiger charge is 2.70. The van der Waals surface area contributed by atoms with Crippen LogP contribution in [0.5, 0.6) is 11.5 Å². The number of anilines is 2. The predicted molar refractivity (Wildman–Crippen MR) is 202 cm³/mol. The summed E-state index contributed by atoms with van der Waals surface area (Å²) in [6.07, 6.45) is 2.04. The summed E-state index contributed by atoms with van der Waals surface area (Å²) in [4.78, 5) is 70.4. The van der Waals surface area contributed by atoms with Crippen LogP contribution in [0.1, 0.15) is 29.9 Å². The second-order valence-electron chi connectivity index (χ2n) is 13.7. The molecule has 3 fully saturated rings. The van der Waals surface area contributed by atoms with Crippen LogP contribution >= 0.6 is 34.2 Å². The molecule has 2 N–H and O–H groups in total. The van der Waals surface area contributed by atoms with Crippen molar-refractivity contribution < 1.29 is 38.3 Å². The first kappa shape index (κ1) is 35.7. The molecule has 15 heteroatoms. The summed E-state index contributed by atoms with van der Waals surface area (Å²) in [7, 11) is 1.40. The van der Waals surface area contributed by atoms with Crippen LogP contribution in [0.4, 0.5) is 21.5 Å². The number of rotatable bonds is 7. The van der Waals surface area contributed by atoms with Gasteiger partial charge in [0.2, 0.25) is 11.8 Å². The number of non-ortho nitro benzene ring substituents is 1. The predicted octanol–water partition coefficient (Wildman–Crippen LogP) is 6.90. The number of phenolic OH excluding ortho intramolecular Hbond substituents is 1. The van der Waals surface area contributed by atoms with Crippen molar-refractivity contribution in [3.8, 4) is 11.5 Å². The van der Waals surface area contributed by atoms with E-state index in [-0.39, 0.29) is 41.4 Å². The van der Waals surface area contributed by atoms with E-state index in [1.807, 2.05) is 28.7 Å². The number of ether oxygens (including phenoxy) is 1. The maximum atomic E-state index is 15.3. The first-order valence-electron chi connectivity index (χ1n) is 16.9. The third-order valence-electron chi connectivity index (χ3n) is 11.2. The molecular weight excluding hydrogens is 834 g/mol. The highest BCUT2D eigenvalue weighted by Crippen LogP contribution is 2.64. The molecule has 2 saturated heterocycles. The van der Waals surface area contributed by atoms with Gasteiger partial charge >= 0.3 is 0 Å². The number of hydrogen-bond donors (Lipinski definition) is 2. The molecule has 1 saturated carbocycles. The number of nitro benzene ring substituents is 1. The van der Waals surface area contributed by atoms with Crippen LogP contribution in [-0.2, 0) is 24.6 Å². The minimum atomic E-state index is -1.63. The van der Waals surface area contributed by atoms with Gasteiger partial charge in [0.25, 0.3) is 17.5 Å². The molecule has 4 aromatic carbocycles. The number of aromatic hydroxyl groups is 1. The topological polar surface area (TPSA) is 159 Å². The Hall–Kier alpha value is -5.35. The Morgan fingerprint density at radius 1 is 0.963 bits per heavy atom. The van der Waals surface area contributed by atoms with Gasteiger partial charge in [-0.2, -0.15) is 5.01 Å². The number of halogens is 3. The average Bonchev–Trinajstić information content (AvgIpc) is 3.54. The number of methoxy groups -OCH3 is 1. The fourth-order valence-electron chi connectivity index (χ4n) is 8.92. The first-order chi connectivity index (χ1) is 25.9. The number of nitrogens with zero attached hydrogens (tertiary/aromatic N) is 3. The summed E-state index contributed by atoms with van der Waals surface area (Å²) in [5, 5.41) is 23.6. The van der Waals surface area contributed by atoms with Crippen molar-refractivity contribution >= 4 is 74.9 Å². The summed E-state index contributed by atoms with van der Waals surface area (Å²) in [6.45, 7) is 0. The molecule has 0 unspecified atom stereocenters. The van der Waals surface area contributed by atoms with E-state index in [4.69, 9.17) is 16.3 Å². The number of hydrazine groups is 1. The third kappa shape index (κ3) is 5.28. The second kappa shape index (κ2) is 13.2. The molecule has 4 aliphatic rings. The van der Waals surface area contributed by atoms with Crippen LogP contribution in [0.2, 0.25) is 5.02 Å². The Bertz CT molecular complexity index is 2310.